The summed E-state index contributed by atoms with van der Waals surface area (Å²) in [6.45, 7) is 1.76. The van der Waals surface area contributed by atoms with Crippen molar-refractivity contribution in [1.29, 1.82) is 0 Å². The average molecular weight is 193 g/mol. The Morgan fingerprint density at radius 2 is 2.36 bits per heavy atom. The first-order valence-corrected chi connectivity index (χ1v) is 4.56. The number of hydrogen-bond acceptors (Lipinski definition) is 3. The standard InChI is InChI=1S/C11H15NO2/c1-9(13)4-3-5-10-6-11(14-2)8-12-7-10/h3,5-9,13H,4H2,1-2H3. The highest BCUT2D eigenvalue weighted by atomic mass is 16.5. The van der Waals surface area contributed by atoms with E-state index >= 15 is 0 Å². The van der Waals surface area contributed by atoms with E-state index in [-0.39, 0.29) is 6.10 Å². The molecule has 1 unspecified atom stereocenters. The van der Waals surface area contributed by atoms with Crippen LogP contribution in [-0.4, -0.2) is 23.3 Å². The van der Waals surface area contributed by atoms with Crippen molar-refractivity contribution >= 4 is 6.08 Å². The predicted molar refractivity (Wildman–Crippen MR) is 56.1 cm³/mol. The summed E-state index contributed by atoms with van der Waals surface area (Å²) in [6, 6.07) is 1.89. The summed E-state index contributed by atoms with van der Waals surface area (Å²) in [7, 11) is 1.61. The smallest absolute Gasteiger partial charge is 0.137 e. The van der Waals surface area contributed by atoms with E-state index in [9.17, 15) is 0 Å². The Morgan fingerprint density at radius 1 is 1.57 bits per heavy atom. The summed E-state index contributed by atoms with van der Waals surface area (Å²) in [4.78, 5) is 4.01. The van der Waals surface area contributed by atoms with Crippen LogP contribution in [0.2, 0.25) is 0 Å². The van der Waals surface area contributed by atoms with Gasteiger partial charge < -0.3 is 9.84 Å². The topological polar surface area (TPSA) is 42.4 Å². The van der Waals surface area contributed by atoms with Crippen LogP contribution in [0, 0.1) is 0 Å². The van der Waals surface area contributed by atoms with E-state index in [1.165, 1.54) is 0 Å². The fourth-order valence-corrected chi connectivity index (χ4v) is 1.04. The maximum Gasteiger partial charge on any atom is 0.137 e. The first-order valence-electron chi connectivity index (χ1n) is 4.56. The molecule has 14 heavy (non-hydrogen) atoms. The first kappa shape index (κ1) is 10.7. The molecule has 0 spiro atoms. The molecule has 1 N–H and O–H groups in total. The Hall–Kier alpha value is -1.35. The van der Waals surface area contributed by atoms with Crippen molar-refractivity contribution < 1.29 is 9.84 Å². The van der Waals surface area contributed by atoms with Gasteiger partial charge in [0.15, 0.2) is 0 Å². The number of hydrogen-bond donors (Lipinski definition) is 1. The molecule has 76 valence electrons. The lowest BCUT2D eigenvalue weighted by Crippen LogP contribution is -1.95. The van der Waals surface area contributed by atoms with E-state index in [0.717, 1.165) is 11.3 Å². The Balaban J connectivity index is 2.62. The molecule has 1 aromatic heterocycles. The number of rotatable bonds is 4. The molecular weight excluding hydrogens is 178 g/mol. The summed E-state index contributed by atoms with van der Waals surface area (Å²) in [6.07, 6.45) is 7.60. The van der Waals surface area contributed by atoms with Crippen LogP contribution in [0.15, 0.2) is 24.5 Å². The van der Waals surface area contributed by atoms with Gasteiger partial charge in [0.25, 0.3) is 0 Å². The van der Waals surface area contributed by atoms with Crippen molar-refractivity contribution in [1.82, 2.24) is 4.98 Å². The van der Waals surface area contributed by atoms with Crippen molar-refractivity contribution in [2.24, 2.45) is 0 Å². The number of ether oxygens (including phenoxy) is 1. The maximum atomic E-state index is 9.04. The summed E-state index contributed by atoms with van der Waals surface area (Å²) in [5, 5.41) is 9.04. The van der Waals surface area contributed by atoms with Crippen LogP contribution in [0.25, 0.3) is 6.08 Å². The number of aromatic nitrogens is 1. The third-order valence-electron chi connectivity index (χ3n) is 1.76. The first-order chi connectivity index (χ1) is 6.72. The Labute approximate surface area is 84.1 Å². The maximum absolute atomic E-state index is 9.04. The Kier molecular flexibility index (Phi) is 4.13. The van der Waals surface area contributed by atoms with Crippen molar-refractivity contribution in [3.63, 3.8) is 0 Å². The third-order valence-corrected chi connectivity index (χ3v) is 1.76. The highest BCUT2D eigenvalue weighted by molar-refractivity contribution is 5.49. The summed E-state index contributed by atoms with van der Waals surface area (Å²) in [5.41, 5.74) is 0.977. The van der Waals surface area contributed by atoms with Gasteiger partial charge in [-0.2, -0.15) is 0 Å². The van der Waals surface area contributed by atoms with Gasteiger partial charge in [-0.1, -0.05) is 12.2 Å². The number of aliphatic hydroxyl groups is 1. The van der Waals surface area contributed by atoms with E-state index in [2.05, 4.69) is 4.98 Å². The van der Waals surface area contributed by atoms with E-state index in [4.69, 9.17) is 9.84 Å². The lowest BCUT2D eigenvalue weighted by atomic mass is 10.2. The monoisotopic (exact) mass is 193 g/mol. The predicted octanol–water partition coefficient (Wildman–Crippen LogP) is 1.87. The molecule has 0 fully saturated rings. The van der Waals surface area contributed by atoms with Gasteiger partial charge in [-0.3, -0.25) is 4.98 Å². The largest absolute Gasteiger partial charge is 0.495 e. The number of pyridine rings is 1. The zero-order valence-corrected chi connectivity index (χ0v) is 8.47. The molecule has 1 heterocycles. The molecule has 0 saturated carbocycles. The minimum Gasteiger partial charge on any atom is -0.495 e. The summed E-state index contributed by atoms with van der Waals surface area (Å²) >= 11 is 0. The lowest BCUT2D eigenvalue weighted by molar-refractivity contribution is 0.199. The van der Waals surface area contributed by atoms with E-state index < -0.39 is 0 Å². The molecular formula is C11H15NO2. The molecule has 1 atom stereocenters. The minimum absolute atomic E-state index is 0.301. The van der Waals surface area contributed by atoms with Gasteiger partial charge in [0.1, 0.15) is 5.75 Å². The SMILES string of the molecule is COc1cncc(C=CCC(C)O)c1. The van der Waals surface area contributed by atoms with Gasteiger partial charge in [0, 0.05) is 6.20 Å². The minimum atomic E-state index is -0.301. The third kappa shape index (κ3) is 3.58. The second kappa shape index (κ2) is 5.40. The Bertz CT molecular complexity index is 308. The summed E-state index contributed by atoms with van der Waals surface area (Å²) < 4.78 is 5.04. The van der Waals surface area contributed by atoms with Crippen molar-refractivity contribution in [2.45, 2.75) is 19.4 Å². The van der Waals surface area contributed by atoms with Crippen LogP contribution in [0.4, 0.5) is 0 Å². The molecule has 3 heteroatoms. The van der Waals surface area contributed by atoms with Gasteiger partial charge >= 0.3 is 0 Å². The zero-order valence-electron chi connectivity index (χ0n) is 8.47. The highest BCUT2D eigenvalue weighted by Crippen LogP contribution is 2.11. The molecule has 1 aromatic rings. The van der Waals surface area contributed by atoms with Crippen LogP contribution in [0.3, 0.4) is 0 Å². The highest BCUT2D eigenvalue weighted by Gasteiger charge is 1.93. The molecule has 0 saturated heterocycles. The van der Waals surface area contributed by atoms with E-state index in [1.54, 1.807) is 26.4 Å². The number of methoxy groups -OCH3 is 1. The fourth-order valence-electron chi connectivity index (χ4n) is 1.04. The molecule has 0 aliphatic heterocycles. The van der Waals surface area contributed by atoms with Crippen LogP contribution < -0.4 is 4.74 Å². The van der Waals surface area contributed by atoms with E-state index in [1.807, 2.05) is 18.2 Å². The van der Waals surface area contributed by atoms with Crippen molar-refractivity contribution in [3.8, 4) is 5.75 Å². The average Bonchev–Trinajstić information content (AvgIpc) is 2.18. The second-order valence-electron chi connectivity index (χ2n) is 3.15. The quantitative estimate of drug-likeness (QED) is 0.793. The van der Waals surface area contributed by atoms with Gasteiger partial charge in [0.05, 0.1) is 19.4 Å². The van der Waals surface area contributed by atoms with Crippen molar-refractivity contribution in [2.75, 3.05) is 7.11 Å². The number of nitrogens with zero attached hydrogens (tertiary/aromatic N) is 1. The van der Waals surface area contributed by atoms with E-state index in [0.29, 0.717) is 6.42 Å². The number of aliphatic hydroxyl groups excluding tert-OH is 1. The fraction of sp³-hybridized carbons (Fsp3) is 0.364. The van der Waals surface area contributed by atoms with Gasteiger partial charge in [-0.25, -0.2) is 0 Å². The molecule has 0 amide bonds. The zero-order chi connectivity index (χ0) is 10.4. The Morgan fingerprint density at radius 3 is 3.00 bits per heavy atom. The normalized spacial score (nSPS) is 13.1. The molecule has 1 rings (SSSR count). The molecule has 0 aliphatic rings. The van der Waals surface area contributed by atoms with Crippen molar-refractivity contribution in [3.05, 3.63) is 30.1 Å². The molecule has 0 radical (unpaired) electrons. The van der Waals surface area contributed by atoms with Crippen LogP contribution in [-0.2, 0) is 0 Å². The van der Waals surface area contributed by atoms with Gasteiger partial charge in [-0.05, 0) is 25.0 Å². The molecule has 0 aromatic carbocycles. The molecule has 0 bridgehead atoms. The van der Waals surface area contributed by atoms with Crippen LogP contribution in [0.1, 0.15) is 18.9 Å². The molecule has 3 nitrogen and oxygen atoms in total. The molecule has 0 aliphatic carbocycles. The van der Waals surface area contributed by atoms with Gasteiger partial charge in [-0.15, -0.1) is 0 Å². The lowest BCUT2D eigenvalue weighted by Gasteiger charge is -2.00. The van der Waals surface area contributed by atoms with Crippen LogP contribution in [0.5, 0.6) is 5.75 Å². The van der Waals surface area contributed by atoms with Crippen LogP contribution >= 0.6 is 0 Å². The second-order valence-corrected chi connectivity index (χ2v) is 3.15. The summed E-state index contributed by atoms with van der Waals surface area (Å²) in [5.74, 6) is 0.740. The van der Waals surface area contributed by atoms with Gasteiger partial charge in [0.2, 0.25) is 0 Å².